The Labute approximate surface area is 329 Å². The van der Waals surface area contributed by atoms with Gasteiger partial charge in [-0.1, -0.05) is 211 Å². The van der Waals surface area contributed by atoms with E-state index in [0.717, 1.165) is 44.9 Å². The van der Waals surface area contributed by atoms with Crippen LogP contribution in [0, 0.1) is 0 Å². The summed E-state index contributed by atoms with van der Waals surface area (Å²) in [7, 11) is -4.34. The van der Waals surface area contributed by atoms with Crippen molar-refractivity contribution in [2.75, 3.05) is 5.75 Å². The molecule has 2 atom stereocenters. The molecule has 2 unspecified atom stereocenters. The first-order valence-corrected chi connectivity index (χ1v) is 24.3. The monoisotopic (exact) mass is 766 g/mol. The van der Waals surface area contributed by atoms with Crippen molar-refractivity contribution in [3.05, 3.63) is 36.5 Å². The highest BCUT2D eigenvalue weighted by Crippen LogP contribution is 2.15. The van der Waals surface area contributed by atoms with E-state index >= 15 is 0 Å². The maximum absolute atomic E-state index is 12.5. The van der Waals surface area contributed by atoms with Crippen LogP contribution in [0.25, 0.3) is 0 Å². The first kappa shape index (κ1) is 51.6. The van der Waals surface area contributed by atoms with Gasteiger partial charge in [0, 0.05) is 6.42 Å². The van der Waals surface area contributed by atoms with Gasteiger partial charge >= 0.3 is 0 Å². The Balaban J connectivity index is 3.83. The number of aliphatic hydroxyl groups is 1. The standard InChI is InChI=1S/C46H87NO5S/c1-3-5-7-9-11-13-15-17-19-20-21-22-23-24-25-26-28-30-32-34-36-38-40-42-46(49)47-44(43-53(50,51)52)45(48)41-39-37-35-33-31-29-27-18-16-14-12-10-8-6-4-2/h15,17,20-21,39,41,44-45,48H,3-14,16,18-19,22-38,40,42-43H2,1-2H3,(H,47,49)(H,50,51,52)/b17-15-,21-20-,41-39+. The fourth-order valence-electron chi connectivity index (χ4n) is 6.89. The number of unbranched alkanes of at least 4 members (excludes halogenated alkanes) is 29. The molecule has 0 saturated carbocycles. The van der Waals surface area contributed by atoms with Gasteiger partial charge in [-0.25, -0.2) is 0 Å². The lowest BCUT2D eigenvalue weighted by molar-refractivity contribution is -0.122. The first-order valence-electron chi connectivity index (χ1n) is 22.7. The van der Waals surface area contributed by atoms with E-state index in [1.807, 2.05) is 6.08 Å². The van der Waals surface area contributed by atoms with Gasteiger partial charge in [-0.05, 0) is 51.4 Å². The summed E-state index contributed by atoms with van der Waals surface area (Å²) in [5.74, 6) is -0.976. The molecule has 53 heavy (non-hydrogen) atoms. The van der Waals surface area contributed by atoms with Crippen molar-refractivity contribution in [3.63, 3.8) is 0 Å². The first-order chi connectivity index (χ1) is 25.8. The number of hydrogen-bond donors (Lipinski definition) is 3. The van der Waals surface area contributed by atoms with E-state index in [0.29, 0.717) is 6.42 Å². The Bertz CT molecular complexity index is 976. The van der Waals surface area contributed by atoms with E-state index in [1.165, 1.54) is 167 Å². The van der Waals surface area contributed by atoms with Crippen LogP contribution >= 0.6 is 0 Å². The zero-order chi connectivity index (χ0) is 38.9. The zero-order valence-corrected chi connectivity index (χ0v) is 35.7. The molecule has 0 aromatic rings. The molecule has 312 valence electrons. The van der Waals surface area contributed by atoms with E-state index < -0.39 is 28.0 Å². The summed E-state index contributed by atoms with van der Waals surface area (Å²) in [5.41, 5.74) is 0. The molecule has 6 nitrogen and oxygen atoms in total. The van der Waals surface area contributed by atoms with Gasteiger partial charge < -0.3 is 10.4 Å². The van der Waals surface area contributed by atoms with Crippen LogP contribution in [-0.2, 0) is 14.9 Å². The number of carbonyl (C=O) groups is 1. The van der Waals surface area contributed by atoms with Gasteiger partial charge in [0.1, 0.15) is 0 Å². The predicted octanol–water partition coefficient (Wildman–Crippen LogP) is 13.7. The Hall–Kier alpha value is -1.44. The van der Waals surface area contributed by atoms with Crippen molar-refractivity contribution < 1.29 is 22.9 Å². The second-order valence-corrected chi connectivity index (χ2v) is 17.2. The van der Waals surface area contributed by atoms with Gasteiger partial charge in [0.15, 0.2) is 0 Å². The Morgan fingerprint density at radius 3 is 1.23 bits per heavy atom. The van der Waals surface area contributed by atoms with Crippen molar-refractivity contribution >= 4 is 16.0 Å². The molecule has 0 bridgehead atoms. The molecule has 7 heteroatoms. The lowest BCUT2D eigenvalue weighted by atomic mass is 10.0. The van der Waals surface area contributed by atoms with E-state index in [9.17, 15) is 22.9 Å². The summed E-state index contributed by atoms with van der Waals surface area (Å²) in [4.78, 5) is 12.5. The SMILES string of the molecule is CCCCCCC/C=C\C/C=C\CCCCCCCCCCCCCC(=O)NC(CS(=O)(=O)O)C(O)/C=C/CCCCCCCCCCCCCCC. The number of rotatable bonds is 41. The topological polar surface area (TPSA) is 104 Å². The molecule has 0 fully saturated rings. The number of amides is 1. The van der Waals surface area contributed by atoms with Crippen molar-refractivity contribution in [1.29, 1.82) is 0 Å². The molecule has 0 heterocycles. The minimum Gasteiger partial charge on any atom is -0.387 e. The van der Waals surface area contributed by atoms with Crippen molar-refractivity contribution in [2.24, 2.45) is 0 Å². The maximum atomic E-state index is 12.5. The Morgan fingerprint density at radius 1 is 0.509 bits per heavy atom. The van der Waals surface area contributed by atoms with Crippen molar-refractivity contribution in [3.8, 4) is 0 Å². The maximum Gasteiger partial charge on any atom is 0.267 e. The summed E-state index contributed by atoms with van der Waals surface area (Å²) in [6, 6.07) is -1.06. The minimum absolute atomic E-state index is 0.279. The molecular weight excluding hydrogens is 679 g/mol. The van der Waals surface area contributed by atoms with Gasteiger partial charge in [-0.3, -0.25) is 9.35 Å². The van der Waals surface area contributed by atoms with E-state index in [2.05, 4.69) is 43.5 Å². The normalized spacial score (nSPS) is 13.5. The molecule has 0 aliphatic carbocycles. The molecule has 0 aliphatic heterocycles. The van der Waals surface area contributed by atoms with Crippen LogP contribution in [-0.4, -0.2) is 41.9 Å². The fourth-order valence-corrected chi connectivity index (χ4v) is 7.63. The molecule has 3 N–H and O–H groups in total. The molecule has 0 saturated heterocycles. The van der Waals surface area contributed by atoms with Crippen LogP contribution in [0.1, 0.15) is 232 Å². The number of carbonyl (C=O) groups excluding carboxylic acids is 1. The van der Waals surface area contributed by atoms with Crippen molar-refractivity contribution in [1.82, 2.24) is 5.32 Å². The molecule has 1 amide bonds. The van der Waals surface area contributed by atoms with Gasteiger partial charge in [0.25, 0.3) is 10.1 Å². The largest absolute Gasteiger partial charge is 0.387 e. The predicted molar refractivity (Wildman–Crippen MR) is 230 cm³/mol. The van der Waals surface area contributed by atoms with Gasteiger partial charge in [0.2, 0.25) is 5.91 Å². The number of nitrogens with one attached hydrogen (secondary N) is 1. The van der Waals surface area contributed by atoms with Crippen LogP contribution in [0.3, 0.4) is 0 Å². The molecule has 0 aromatic heterocycles. The summed E-state index contributed by atoms with van der Waals surface area (Å²) in [6.07, 6.45) is 52.8. The average molecular weight is 766 g/mol. The van der Waals surface area contributed by atoms with Crippen molar-refractivity contribution in [2.45, 2.75) is 244 Å². The number of aliphatic hydroxyl groups excluding tert-OH is 1. The number of hydrogen-bond acceptors (Lipinski definition) is 4. The van der Waals surface area contributed by atoms with Crippen LogP contribution in [0.4, 0.5) is 0 Å². The lowest BCUT2D eigenvalue weighted by Gasteiger charge is -2.21. The second-order valence-electron chi connectivity index (χ2n) is 15.7. The van der Waals surface area contributed by atoms with E-state index in [4.69, 9.17) is 0 Å². The third-order valence-electron chi connectivity index (χ3n) is 10.3. The third-order valence-corrected chi connectivity index (χ3v) is 11.1. The molecule has 0 aliphatic rings. The second kappa shape index (κ2) is 40.2. The highest BCUT2D eigenvalue weighted by molar-refractivity contribution is 7.85. The molecule has 0 aromatic carbocycles. The van der Waals surface area contributed by atoms with Crippen LogP contribution in [0.2, 0.25) is 0 Å². The lowest BCUT2D eigenvalue weighted by Crippen LogP contribution is -2.46. The van der Waals surface area contributed by atoms with Gasteiger partial charge in [-0.15, -0.1) is 0 Å². The fraction of sp³-hybridized carbons (Fsp3) is 0.848. The highest BCUT2D eigenvalue weighted by Gasteiger charge is 2.24. The van der Waals surface area contributed by atoms with Crippen LogP contribution in [0.5, 0.6) is 0 Å². The van der Waals surface area contributed by atoms with E-state index in [-0.39, 0.29) is 5.91 Å². The quantitative estimate of drug-likeness (QED) is 0.0327. The molecule has 0 spiro atoms. The third kappa shape index (κ3) is 41.6. The minimum atomic E-state index is -4.34. The Kier molecular flexibility index (Phi) is 39.1. The summed E-state index contributed by atoms with van der Waals surface area (Å²) in [6.45, 7) is 4.52. The summed E-state index contributed by atoms with van der Waals surface area (Å²) < 4.78 is 32.5. The van der Waals surface area contributed by atoms with Crippen LogP contribution in [0.15, 0.2) is 36.5 Å². The molecular formula is C46H87NO5S. The van der Waals surface area contributed by atoms with Crippen LogP contribution < -0.4 is 5.32 Å². The summed E-state index contributed by atoms with van der Waals surface area (Å²) >= 11 is 0. The average Bonchev–Trinajstić information content (AvgIpc) is 3.12. The highest BCUT2D eigenvalue weighted by atomic mass is 32.2. The smallest absolute Gasteiger partial charge is 0.267 e. The molecule has 0 rings (SSSR count). The number of allylic oxidation sites excluding steroid dienone is 5. The van der Waals surface area contributed by atoms with Gasteiger partial charge in [0.05, 0.1) is 17.9 Å². The summed E-state index contributed by atoms with van der Waals surface area (Å²) in [5, 5.41) is 13.3. The Morgan fingerprint density at radius 2 is 0.849 bits per heavy atom. The molecule has 0 radical (unpaired) electrons. The van der Waals surface area contributed by atoms with Gasteiger partial charge in [-0.2, -0.15) is 8.42 Å². The van der Waals surface area contributed by atoms with E-state index in [1.54, 1.807) is 6.08 Å². The zero-order valence-electron chi connectivity index (χ0n) is 34.9.